The first-order valence-corrected chi connectivity index (χ1v) is 6.84. The molecule has 0 spiro atoms. The van der Waals surface area contributed by atoms with Crippen molar-refractivity contribution in [2.75, 3.05) is 0 Å². The number of aryl methyl sites for hydroxylation is 1. The van der Waals surface area contributed by atoms with E-state index in [1.165, 1.54) is 24.8 Å². The number of hydrogen-bond acceptors (Lipinski definition) is 1. The highest BCUT2D eigenvalue weighted by Crippen LogP contribution is 2.13. The van der Waals surface area contributed by atoms with Gasteiger partial charge in [0.1, 0.15) is 0 Å². The standard InChI is InChI=1S/C14H19BrO/c1-3-4-5-6-12-7-9-13(10-8-12)14(16)11(2)15/h7-11H,3-6H2,1-2H3. The number of Topliss-reactive ketones (excluding diaryl/α,β-unsaturated/α-hetero) is 1. The SMILES string of the molecule is CCCCCc1ccc(C(=O)C(C)Br)cc1. The van der Waals surface area contributed by atoms with E-state index in [9.17, 15) is 4.79 Å². The number of rotatable bonds is 6. The fourth-order valence-electron chi connectivity index (χ4n) is 1.64. The van der Waals surface area contributed by atoms with Gasteiger partial charge < -0.3 is 0 Å². The van der Waals surface area contributed by atoms with Crippen LogP contribution in [0.4, 0.5) is 0 Å². The smallest absolute Gasteiger partial charge is 0.176 e. The van der Waals surface area contributed by atoms with Crippen molar-refractivity contribution in [2.45, 2.75) is 44.4 Å². The molecule has 0 fully saturated rings. The number of hydrogen-bond donors (Lipinski definition) is 0. The topological polar surface area (TPSA) is 17.1 Å². The number of carbonyl (C=O) groups excluding carboxylic acids is 1. The Hall–Kier alpha value is -0.630. The molecule has 0 aliphatic rings. The maximum Gasteiger partial charge on any atom is 0.176 e. The minimum atomic E-state index is -0.0987. The lowest BCUT2D eigenvalue weighted by molar-refractivity contribution is 0.0996. The highest BCUT2D eigenvalue weighted by Gasteiger charge is 2.10. The van der Waals surface area contributed by atoms with Crippen molar-refractivity contribution in [3.8, 4) is 0 Å². The van der Waals surface area contributed by atoms with Crippen molar-refractivity contribution in [1.82, 2.24) is 0 Å². The van der Waals surface area contributed by atoms with Crippen molar-refractivity contribution in [3.05, 3.63) is 35.4 Å². The first-order valence-electron chi connectivity index (χ1n) is 5.92. The molecule has 1 aromatic carbocycles. The van der Waals surface area contributed by atoms with Crippen molar-refractivity contribution in [1.29, 1.82) is 0 Å². The molecule has 0 N–H and O–H groups in total. The van der Waals surface area contributed by atoms with Gasteiger partial charge in [0.15, 0.2) is 5.78 Å². The number of halogens is 1. The predicted octanol–water partition coefficient (Wildman–Crippen LogP) is 4.39. The van der Waals surface area contributed by atoms with Crippen LogP contribution in [-0.4, -0.2) is 10.6 Å². The number of unbranched alkanes of at least 4 members (excludes halogenated alkanes) is 2. The molecule has 1 unspecified atom stereocenters. The van der Waals surface area contributed by atoms with E-state index >= 15 is 0 Å². The van der Waals surface area contributed by atoms with Crippen molar-refractivity contribution in [3.63, 3.8) is 0 Å². The van der Waals surface area contributed by atoms with Crippen LogP contribution in [0.3, 0.4) is 0 Å². The molecule has 1 nitrogen and oxygen atoms in total. The van der Waals surface area contributed by atoms with Gasteiger partial charge in [-0.05, 0) is 25.3 Å². The Kier molecular flexibility index (Phi) is 5.75. The highest BCUT2D eigenvalue weighted by molar-refractivity contribution is 9.10. The second kappa shape index (κ2) is 6.85. The lowest BCUT2D eigenvalue weighted by Crippen LogP contribution is -2.09. The van der Waals surface area contributed by atoms with Gasteiger partial charge in [0, 0.05) is 5.56 Å². The summed E-state index contributed by atoms with van der Waals surface area (Å²) in [5, 5.41) is 0. The van der Waals surface area contributed by atoms with E-state index in [2.05, 4.69) is 35.0 Å². The fourth-order valence-corrected chi connectivity index (χ4v) is 1.91. The molecule has 0 aliphatic carbocycles. The van der Waals surface area contributed by atoms with Gasteiger partial charge in [-0.25, -0.2) is 0 Å². The van der Waals surface area contributed by atoms with Gasteiger partial charge in [0.2, 0.25) is 0 Å². The van der Waals surface area contributed by atoms with E-state index in [1.54, 1.807) is 0 Å². The maximum atomic E-state index is 11.7. The minimum absolute atomic E-state index is 0.0987. The molecular formula is C14H19BrO. The Morgan fingerprint density at radius 1 is 1.25 bits per heavy atom. The maximum absolute atomic E-state index is 11.7. The molecule has 0 saturated carbocycles. The van der Waals surface area contributed by atoms with Crippen LogP contribution in [0.5, 0.6) is 0 Å². The summed E-state index contributed by atoms with van der Waals surface area (Å²) in [5.41, 5.74) is 2.12. The lowest BCUT2D eigenvalue weighted by Gasteiger charge is -2.04. The van der Waals surface area contributed by atoms with Gasteiger partial charge in [-0.2, -0.15) is 0 Å². The van der Waals surface area contributed by atoms with Crippen molar-refractivity contribution < 1.29 is 4.79 Å². The lowest BCUT2D eigenvalue weighted by atomic mass is 10.0. The predicted molar refractivity (Wildman–Crippen MR) is 72.4 cm³/mol. The molecular weight excluding hydrogens is 264 g/mol. The van der Waals surface area contributed by atoms with Gasteiger partial charge >= 0.3 is 0 Å². The average Bonchev–Trinajstić information content (AvgIpc) is 2.29. The summed E-state index contributed by atoms with van der Waals surface area (Å²) < 4.78 is 0. The number of ketones is 1. The number of benzene rings is 1. The molecule has 1 aromatic rings. The van der Waals surface area contributed by atoms with E-state index < -0.39 is 0 Å². The summed E-state index contributed by atoms with van der Waals surface area (Å²) in [7, 11) is 0. The zero-order chi connectivity index (χ0) is 12.0. The molecule has 2 heteroatoms. The van der Waals surface area contributed by atoms with Crippen LogP contribution in [0.1, 0.15) is 49.0 Å². The highest BCUT2D eigenvalue weighted by atomic mass is 79.9. The van der Waals surface area contributed by atoms with Crippen LogP contribution in [0.15, 0.2) is 24.3 Å². The molecule has 0 bridgehead atoms. The molecule has 16 heavy (non-hydrogen) atoms. The van der Waals surface area contributed by atoms with Gasteiger partial charge in [0.05, 0.1) is 4.83 Å². The Labute approximate surface area is 106 Å². The van der Waals surface area contributed by atoms with Crippen LogP contribution < -0.4 is 0 Å². The molecule has 0 radical (unpaired) electrons. The quantitative estimate of drug-likeness (QED) is 0.430. The number of alkyl halides is 1. The van der Waals surface area contributed by atoms with Crippen LogP contribution in [0.2, 0.25) is 0 Å². The summed E-state index contributed by atoms with van der Waals surface area (Å²) in [6, 6.07) is 8.00. The van der Waals surface area contributed by atoms with Crippen LogP contribution in [0.25, 0.3) is 0 Å². The van der Waals surface area contributed by atoms with Crippen molar-refractivity contribution >= 4 is 21.7 Å². The van der Waals surface area contributed by atoms with Gasteiger partial charge in [0.25, 0.3) is 0 Å². The number of carbonyl (C=O) groups is 1. The molecule has 0 aliphatic heterocycles. The third-order valence-electron chi connectivity index (χ3n) is 2.67. The van der Waals surface area contributed by atoms with E-state index in [1.807, 2.05) is 19.1 Å². The van der Waals surface area contributed by atoms with Gasteiger partial charge in [-0.1, -0.05) is 60.0 Å². The molecule has 88 valence electrons. The van der Waals surface area contributed by atoms with Crippen LogP contribution in [-0.2, 0) is 6.42 Å². The molecule has 0 saturated heterocycles. The molecule has 1 rings (SSSR count). The monoisotopic (exact) mass is 282 g/mol. The average molecular weight is 283 g/mol. The summed E-state index contributed by atoms with van der Waals surface area (Å²) in [6.07, 6.45) is 4.88. The Balaban J connectivity index is 2.57. The summed E-state index contributed by atoms with van der Waals surface area (Å²) in [4.78, 5) is 11.6. The molecule has 0 aromatic heterocycles. The first-order chi connectivity index (χ1) is 7.65. The Bertz CT molecular complexity index is 327. The third-order valence-corrected chi connectivity index (χ3v) is 3.08. The zero-order valence-corrected chi connectivity index (χ0v) is 11.6. The molecule has 1 atom stereocenters. The largest absolute Gasteiger partial charge is 0.293 e. The summed E-state index contributed by atoms with van der Waals surface area (Å²) >= 11 is 3.30. The summed E-state index contributed by atoms with van der Waals surface area (Å²) in [5.74, 6) is 0.153. The van der Waals surface area contributed by atoms with E-state index in [0.717, 1.165) is 12.0 Å². The van der Waals surface area contributed by atoms with Crippen LogP contribution in [0, 0.1) is 0 Å². The van der Waals surface area contributed by atoms with Gasteiger partial charge in [-0.3, -0.25) is 4.79 Å². The Morgan fingerprint density at radius 3 is 2.38 bits per heavy atom. The normalized spacial score (nSPS) is 12.4. The van der Waals surface area contributed by atoms with E-state index in [4.69, 9.17) is 0 Å². The second-order valence-corrected chi connectivity index (χ2v) is 5.51. The second-order valence-electron chi connectivity index (χ2n) is 4.13. The zero-order valence-electron chi connectivity index (χ0n) is 10.0. The Morgan fingerprint density at radius 2 is 1.88 bits per heavy atom. The molecule has 0 amide bonds. The molecule has 0 heterocycles. The minimum Gasteiger partial charge on any atom is -0.293 e. The van der Waals surface area contributed by atoms with Crippen molar-refractivity contribution in [2.24, 2.45) is 0 Å². The fraction of sp³-hybridized carbons (Fsp3) is 0.500. The summed E-state index contributed by atoms with van der Waals surface area (Å²) in [6.45, 7) is 4.07. The third kappa shape index (κ3) is 4.09. The van der Waals surface area contributed by atoms with E-state index in [0.29, 0.717) is 0 Å². The van der Waals surface area contributed by atoms with Crippen LogP contribution >= 0.6 is 15.9 Å². The first kappa shape index (κ1) is 13.4. The van der Waals surface area contributed by atoms with Gasteiger partial charge in [-0.15, -0.1) is 0 Å². The van der Waals surface area contributed by atoms with E-state index in [-0.39, 0.29) is 10.6 Å².